The molecule has 0 radical (unpaired) electrons. The van der Waals surface area contributed by atoms with Crippen LogP contribution in [-0.2, 0) is 4.79 Å². The van der Waals surface area contributed by atoms with Crippen molar-refractivity contribution in [2.75, 3.05) is 14.2 Å². The van der Waals surface area contributed by atoms with Crippen molar-refractivity contribution in [3.8, 4) is 28.4 Å². The predicted molar refractivity (Wildman–Crippen MR) is 127 cm³/mol. The zero-order chi connectivity index (χ0) is 24.1. The lowest BCUT2D eigenvalue weighted by Crippen LogP contribution is -2.24. The molecule has 0 fully saturated rings. The normalized spacial score (nSPS) is 12.0. The number of methoxy groups -OCH3 is 2. The molecule has 0 saturated heterocycles. The van der Waals surface area contributed by atoms with Crippen molar-refractivity contribution in [1.29, 1.82) is 0 Å². The Hall–Kier alpha value is -4.40. The van der Waals surface area contributed by atoms with E-state index < -0.39 is 6.04 Å². The number of carbonyl (C=O) groups excluding carboxylic acids is 1. The summed E-state index contributed by atoms with van der Waals surface area (Å²) in [5.74, 6) is 1.77. The van der Waals surface area contributed by atoms with Gasteiger partial charge in [-0.25, -0.2) is 4.68 Å². The zero-order valence-corrected chi connectivity index (χ0v) is 19.4. The van der Waals surface area contributed by atoms with E-state index in [0.29, 0.717) is 28.9 Å². The molecule has 34 heavy (non-hydrogen) atoms. The van der Waals surface area contributed by atoms with Gasteiger partial charge in [-0.1, -0.05) is 23.4 Å². The fourth-order valence-electron chi connectivity index (χ4n) is 3.41. The SMILES string of the molecule is COc1ccc(-c2nn(-c3ccccc3)cc2/C=C/C(=O)NC(C)c2nc(C)no2)cc1OC. The second-order valence-corrected chi connectivity index (χ2v) is 7.53. The fraction of sp³-hybridized carbons (Fsp3) is 0.200. The van der Waals surface area contributed by atoms with Gasteiger partial charge in [0.1, 0.15) is 11.7 Å². The molecule has 4 rings (SSSR count). The van der Waals surface area contributed by atoms with Crippen molar-refractivity contribution in [2.24, 2.45) is 0 Å². The number of para-hydroxylation sites is 1. The quantitative estimate of drug-likeness (QED) is 0.395. The lowest BCUT2D eigenvalue weighted by atomic mass is 10.1. The van der Waals surface area contributed by atoms with Crippen molar-refractivity contribution in [1.82, 2.24) is 25.2 Å². The number of amides is 1. The molecule has 2 heterocycles. The van der Waals surface area contributed by atoms with E-state index in [1.54, 1.807) is 38.8 Å². The number of rotatable bonds is 8. The van der Waals surface area contributed by atoms with Crippen LogP contribution in [0.2, 0.25) is 0 Å². The Morgan fingerprint density at radius 3 is 2.56 bits per heavy atom. The molecule has 1 unspecified atom stereocenters. The maximum atomic E-state index is 12.6. The summed E-state index contributed by atoms with van der Waals surface area (Å²) in [6, 6.07) is 14.9. The first-order chi connectivity index (χ1) is 16.5. The van der Waals surface area contributed by atoms with Crippen molar-refractivity contribution in [2.45, 2.75) is 19.9 Å². The van der Waals surface area contributed by atoms with E-state index in [-0.39, 0.29) is 5.91 Å². The van der Waals surface area contributed by atoms with E-state index >= 15 is 0 Å². The summed E-state index contributed by atoms with van der Waals surface area (Å²) in [5, 5.41) is 11.4. The topological polar surface area (TPSA) is 104 Å². The molecule has 2 aromatic carbocycles. The van der Waals surface area contributed by atoms with Crippen LogP contribution in [0.15, 0.2) is 65.3 Å². The number of nitrogens with zero attached hydrogens (tertiary/aromatic N) is 4. The van der Waals surface area contributed by atoms with Gasteiger partial charge in [-0.2, -0.15) is 10.1 Å². The molecule has 174 valence electrons. The number of carbonyl (C=O) groups is 1. The molecule has 9 heteroatoms. The highest BCUT2D eigenvalue weighted by Gasteiger charge is 2.16. The molecule has 4 aromatic rings. The van der Waals surface area contributed by atoms with E-state index in [1.165, 1.54) is 6.08 Å². The summed E-state index contributed by atoms with van der Waals surface area (Å²) >= 11 is 0. The number of aryl methyl sites for hydroxylation is 1. The summed E-state index contributed by atoms with van der Waals surface area (Å²) < 4.78 is 17.7. The molecule has 1 amide bonds. The molecule has 0 saturated carbocycles. The Labute approximate surface area is 197 Å². The van der Waals surface area contributed by atoms with E-state index in [9.17, 15) is 4.79 Å². The van der Waals surface area contributed by atoms with Crippen molar-refractivity contribution < 1.29 is 18.8 Å². The Kier molecular flexibility index (Phi) is 6.72. The maximum absolute atomic E-state index is 12.6. The largest absolute Gasteiger partial charge is 0.493 e. The van der Waals surface area contributed by atoms with Crippen LogP contribution in [-0.4, -0.2) is 40.0 Å². The third kappa shape index (κ3) is 4.98. The van der Waals surface area contributed by atoms with Gasteiger partial charge >= 0.3 is 0 Å². The summed E-state index contributed by atoms with van der Waals surface area (Å²) in [6.07, 6.45) is 5.05. The van der Waals surface area contributed by atoms with Gasteiger partial charge in [-0.15, -0.1) is 0 Å². The number of ether oxygens (including phenoxy) is 2. The molecule has 2 aromatic heterocycles. The standard InChI is InChI=1S/C25H25N5O4/c1-16(25-27-17(2)29-34-25)26-23(31)13-11-19-15-30(20-8-6-5-7-9-20)28-24(19)18-10-12-21(32-3)22(14-18)33-4/h5-16H,1-4H3,(H,26,31)/b13-11+. The Balaban J connectivity index is 1.65. The van der Waals surface area contributed by atoms with Crippen molar-refractivity contribution >= 4 is 12.0 Å². The van der Waals surface area contributed by atoms with E-state index in [4.69, 9.17) is 19.1 Å². The van der Waals surface area contributed by atoms with Gasteiger partial charge in [0, 0.05) is 23.4 Å². The maximum Gasteiger partial charge on any atom is 0.248 e. The molecule has 9 nitrogen and oxygen atoms in total. The molecule has 0 aliphatic heterocycles. The minimum Gasteiger partial charge on any atom is -0.493 e. The highest BCUT2D eigenvalue weighted by Crippen LogP contribution is 2.33. The first kappa shape index (κ1) is 22.8. The Morgan fingerprint density at radius 2 is 1.88 bits per heavy atom. The summed E-state index contributed by atoms with van der Waals surface area (Å²) in [7, 11) is 3.17. The zero-order valence-electron chi connectivity index (χ0n) is 19.4. The first-order valence-corrected chi connectivity index (χ1v) is 10.6. The lowest BCUT2D eigenvalue weighted by Gasteiger charge is -2.09. The number of nitrogens with one attached hydrogen (secondary N) is 1. The smallest absolute Gasteiger partial charge is 0.248 e. The third-order valence-electron chi connectivity index (χ3n) is 5.11. The average molecular weight is 460 g/mol. The second kappa shape index (κ2) is 10.0. The molecule has 1 atom stereocenters. The highest BCUT2D eigenvalue weighted by molar-refractivity contribution is 5.93. The van der Waals surface area contributed by atoms with E-state index in [2.05, 4.69) is 15.5 Å². The van der Waals surface area contributed by atoms with Crippen LogP contribution in [0.4, 0.5) is 0 Å². The Morgan fingerprint density at radius 1 is 1.12 bits per heavy atom. The van der Waals surface area contributed by atoms with Gasteiger partial charge in [-0.05, 0) is 50.3 Å². The van der Waals surface area contributed by atoms with Gasteiger partial charge in [0.2, 0.25) is 11.8 Å². The monoisotopic (exact) mass is 459 g/mol. The average Bonchev–Trinajstić information content (AvgIpc) is 3.49. The van der Waals surface area contributed by atoms with Crippen molar-refractivity contribution in [3.63, 3.8) is 0 Å². The second-order valence-electron chi connectivity index (χ2n) is 7.53. The molecular weight excluding hydrogens is 434 g/mol. The van der Waals surface area contributed by atoms with Crippen LogP contribution >= 0.6 is 0 Å². The van der Waals surface area contributed by atoms with Crippen LogP contribution in [0.3, 0.4) is 0 Å². The van der Waals surface area contributed by atoms with E-state index in [0.717, 1.165) is 16.8 Å². The molecule has 0 aliphatic carbocycles. The predicted octanol–water partition coefficient (Wildman–Crippen LogP) is 4.14. The number of hydrogen-bond donors (Lipinski definition) is 1. The summed E-state index contributed by atoms with van der Waals surface area (Å²) in [6.45, 7) is 3.50. The van der Waals surface area contributed by atoms with Gasteiger partial charge in [0.05, 0.1) is 19.9 Å². The van der Waals surface area contributed by atoms with Gasteiger partial charge < -0.3 is 19.3 Å². The van der Waals surface area contributed by atoms with E-state index in [1.807, 2.05) is 54.7 Å². The third-order valence-corrected chi connectivity index (χ3v) is 5.11. The van der Waals surface area contributed by atoms with Crippen LogP contribution in [0.1, 0.15) is 30.2 Å². The van der Waals surface area contributed by atoms with Gasteiger partial charge in [-0.3, -0.25) is 4.79 Å². The molecule has 1 N–H and O–H groups in total. The summed E-state index contributed by atoms with van der Waals surface area (Å²) in [4.78, 5) is 16.7. The van der Waals surface area contributed by atoms with Gasteiger partial charge in [0.15, 0.2) is 17.3 Å². The van der Waals surface area contributed by atoms with Crippen LogP contribution in [0.5, 0.6) is 11.5 Å². The molecule has 0 bridgehead atoms. The van der Waals surface area contributed by atoms with Gasteiger partial charge in [0.25, 0.3) is 0 Å². The molecule has 0 aliphatic rings. The molecular formula is C25H25N5O4. The van der Waals surface area contributed by atoms with Crippen LogP contribution in [0, 0.1) is 6.92 Å². The van der Waals surface area contributed by atoms with Crippen molar-refractivity contribution in [3.05, 3.63) is 78.1 Å². The minimum atomic E-state index is -0.421. The minimum absolute atomic E-state index is 0.297. The number of benzene rings is 2. The Bertz CT molecular complexity index is 1310. The van der Waals surface area contributed by atoms with Crippen LogP contribution in [0.25, 0.3) is 23.0 Å². The number of hydrogen-bond acceptors (Lipinski definition) is 7. The summed E-state index contributed by atoms with van der Waals surface area (Å²) in [5.41, 5.74) is 3.16. The fourth-order valence-corrected chi connectivity index (χ4v) is 3.41. The number of aromatic nitrogens is 4. The van der Waals surface area contributed by atoms with Crippen LogP contribution < -0.4 is 14.8 Å². The lowest BCUT2D eigenvalue weighted by molar-refractivity contribution is -0.117. The highest BCUT2D eigenvalue weighted by atomic mass is 16.5. The molecule has 0 spiro atoms. The first-order valence-electron chi connectivity index (χ1n) is 10.6.